The molecule has 4 heteroatoms. The molecule has 0 aromatic carbocycles. The second kappa shape index (κ2) is 31.6. The molecule has 0 saturated carbocycles. The first-order valence-electron chi connectivity index (χ1n) is 13.9. The predicted octanol–water partition coefficient (Wildman–Crippen LogP) is 8.95. The highest BCUT2D eigenvalue weighted by Gasteiger charge is 2.08. The van der Waals surface area contributed by atoms with E-state index < -0.39 is 0 Å². The molecule has 33 heavy (non-hydrogen) atoms. The van der Waals surface area contributed by atoms with Gasteiger partial charge in [-0.15, -0.1) is 6.58 Å². The Labute approximate surface area is 209 Å². The molecule has 0 fully saturated rings. The predicted molar refractivity (Wildman–Crippen MR) is 149 cm³/mol. The van der Waals surface area contributed by atoms with E-state index in [1.807, 2.05) is 6.92 Å². The van der Waals surface area contributed by atoms with Gasteiger partial charge in [-0.05, 0) is 38.5 Å². The van der Waals surface area contributed by atoms with Crippen molar-refractivity contribution < 1.29 is 9.47 Å². The molecule has 0 saturated heterocycles. The number of unbranched alkanes of at least 4 members (excludes halogenated alkanes) is 12. The highest BCUT2D eigenvalue weighted by molar-refractivity contribution is 4.61. The minimum Gasteiger partial charge on any atom is -0.379 e. The molecule has 0 radical (unpaired) electrons. The number of methoxy groups -OCH3 is 1. The summed E-state index contributed by atoms with van der Waals surface area (Å²) in [5.74, 6) is 4.76. The van der Waals surface area contributed by atoms with Crippen LogP contribution in [0.4, 0.5) is 0 Å². The van der Waals surface area contributed by atoms with Crippen molar-refractivity contribution in [3.8, 4) is 0 Å². The van der Waals surface area contributed by atoms with Crippen molar-refractivity contribution in [2.24, 2.45) is 11.3 Å². The SMILES string of the molecule is C=CC.CCCCCCCCCC(C)OCCCCCCCCCC(C)(C)C.COCNN. The molecular formula is C29H64N2O2. The molecule has 1 unspecified atom stereocenters. The quantitative estimate of drug-likeness (QED) is 0.0610. The van der Waals surface area contributed by atoms with Crippen LogP contribution in [0.2, 0.25) is 0 Å². The third-order valence-corrected chi connectivity index (χ3v) is 5.42. The van der Waals surface area contributed by atoms with Crippen LogP contribution in [0.1, 0.15) is 144 Å². The van der Waals surface area contributed by atoms with Gasteiger partial charge in [-0.3, -0.25) is 5.84 Å². The maximum absolute atomic E-state index is 5.97. The van der Waals surface area contributed by atoms with E-state index in [4.69, 9.17) is 10.6 Å². The van der Waals surface area contributed by atoms with Gasteiger partial charge in [0.2, 0.25) is 0 Å². The van der Waals surface area contributed by atoms with E-state index in [0.717, 1.165) is 6.61 Å². The first kappa shape index (κ1) is 37.1. The molecule has 0 rings (SSSR count). The molecule has 1 atom stereocenters. The lowest BCUT2D eigenvalue weighted by atomic mass is 9.89. The van der Waals surface area contributed by atoms with Gasteiger partial charge >= 0.3 is 0 Å². The number of rotatable bonds is 20. The van der Waals surface area contributed by atoms with Gasteiger partial charge in [0.15, 0.2) is 0 Å². The Hall–Kier alpha value is -0.420. The molecule has 0 aromatic heterocycles. The summed E-state index contributed by atoms with van der Waals surface area (Å²) in [5, 5.41) is 0. The van der Waals surface area contributed by atoms with Crippen LogP contribution in [0.15, 0.2) is 12.7 Å². The third kappa shape index (κ3) is 45.7. The average Bonchev–Trinajstić information content (AvgIpc) is 2.75. The molecule has 3 N–H and O–H groups in total. The Kier molecular flexibility index (Phi) is 35.5. The molecule has 0 aliphatic rings. The maximum atomic E-state index is 5.97. The van der Waals surface area contributed by atoms with Gasteiger partial charge < -0.3 is 9.47 Å². The van der Waals surface area contributed by atoms with Crippen LogP contribution in [0, 0.1) is 5.41 Å². The van der Waals surface area contributed by atoms with Crippen molar-refractivity contribution >= 4 is 0 Å². The van der Waals surface area contributed by atoms with Crippen molar-refractivity contribution in [3.05, 3.63) is 12.7 Å². The van der Waals surface area contributed by atoms with Gasteiger partial charge in [-0.25, -0.2) is 5.43 Å². The second-order valence-electron chi connectivity index (χ2n) is 10.4. The lowest BCUT2D eigenvalue weighted by Crippen LogP contribution is -2.23. The Morgan fingerprint density at radius 2 is 1.30 bits per heavy atom. The Morgan fingerprint density at radius 3 is 1.73 bits per heavy atom. The summed E-state index contributed by atoms with van der Waals surface area (Å²) in [6, 6.07) is 0. The van der Waals surface area contributed by atoms with E-state index in [1.54, 1.807) is 13.2 Å². The normalized spacial score (nSPS) is 11.8. The van der Waals surface area contributed by atoms with Gasteiger partial charge in [-0.2, -0.15) is 0 Å². The van der Waals surface area contributed by atoms with Crippen LogP contribution in [0.5, 0.6) is 0 Å². The lowest BCUT2D eigenvalue weighted by molar-refractivity contribution is 0.0557. The summed E-state index contributed by atoms with van der Waals surface area (Å²) in [4.78, 5) is 0. The van der Waals surface area contributed by atoms with Crippen LogP contribution in [0.3, 0.4) is 0 Å². The molecule has 0 amide bonds. The molecule has 4 nitrogen and oxygen atoms in total. The van der Waals surface area contributed by atoms with E-state index in [0.29, 0.717) is 18.2 Å². The first-order chi connectivity index (χ1) is 15.8. The Morgan fingerprint density at radius 1 is 0.848 bits per heavy atom. The van der Waals surface area contributed by atoms with Gasteiger partial charge in [0, 0.05) is 13.7 Å². The fraction of sp³-hybridized carbons (Fsp3) is 0.931. The molecule has 0 bridgehead atoms. The van der Waals surface area contributed by atoms with Crippen LogP contribution in [-0.4, -0.2) is 26.6 Å². The first-order valence-corrected chi connectivity index (χ1v) is 13.9. The highest BCUT2D eigenvalue weighted by Crippen LogP contribution is 2.22. The van der Waals surface area contributed by atoms with E-state index in [-0.39, 0.29) is 0 Å². The highest BCUT2D eigenvalue weighted by atomic mass is 16.5. The minimum absolute atomic E-state index is 0.417. The Balaban J connectivity index is -0.000000963. The molecular weight excluding hydrogens is 408 g/mol. The fourth-order valence-corrected chi connectivity index (χ4v) is 3.48. The summed E-state index contributed by atoms with van der Waals surface area (Å²) in [5.41, 5.74) is 2.81. The van der Waals surface area contributed by atoms with Crippen molar-refractivity contribution in [2.45, 2.75) is 150 Å². The summed E-state index contributed by atoms with van der Waals surface area (Å²) in [6.45, 7) is 18.2. The van der Waals surface area contributed by atoms with E-state index >= 15 is 0 Å². The van der Waals surface area contributed by atoms with E-state index in [2.05, 4.69) is 51.4 Å². The van der Waals surface area contributed by atoms with Crippen molar-refractivity contribution in [1.29, 1.82) is 0 Å². The molecule has 0 heterocycles. The number of nitrogens with two attached hydrogens (primary N) is 1. The van der Waals surface area contributed by atoms with E-state index in [1.165, 1.54) is 103 Å². The second-order valence-corrected chi connectivity index (χ2v) is 10.4. The van der Waals surface area contributed by atoms with Crippen molar-refractivity contribution in [1.82, 2.24) is 5.43 Å². The summed E-state index contributed by atoms with van der Waals surface area (Å²) >= 11 is 0. The Bertz CT molecular complexity index is 341. The van der Waals surface area contributed by atoms with Gasteiger partial charge in [0.1, 0.15) is 6.73 Å². The number of allylic oxidation sites excluding steroid dienone is 1. The number of hydrazine groups is 1. The van der Waals surface area contributed by atoms with Crippen molar-refractivity contribution in [2.75, 3.05) is 20.4 Å². The zero-order chi connectivity index (χ0) is 25.6. The minimum atomic E-state index is 0.417. The van der Waals surface area contributed by atoms with E-state index in [9.17, 15) is 0 Å². The number of hydrogen-bond acceptors (Lipinski definition) is 4. The average molecular weight is 473 g/mol. The molecule has 0 aliphatic heterocycles. The zero-order valence-corrected chi connectivity index (χ0v) is 24.0. The standard InChI is InChI=1S/C24H50O.C3H6.C2H8N2O/c1-6-7-8-9-11-14-17-20-23(2)25-22-19-16-13-10-12-15-18-21-24(3,4)5;1-3-2;1-5-2-4-3/h23H,6-22H2,1-5H3;3H,1H2,2H3;4H,2-3H2,1H3. The monoisotopic (exact) mass is 472 g/mol. The van der Waals surface area contributed by atoms with Gasteiger partial charge in [0.25, 0.3) is 0 Å². The van der Waals surface area contributed by atoms with Gasteiger partial charge in [-0.1, -0.05) is 117 Å². The number of ether oxygens (including phenoxy) is 2. The molecule has 202 valence electrons. The smallest absolute Gasteiger partial charge is 0.108 e. The molecule has 0 spiro atoms. The topological polar surface area (TPSA) is 56.5 Å². The van der Waals surface area contributed by atoms with Crippen LogP contribution in [-0.2, 0) is 9.47 Å². The fourth-order valence-electron chi connectivity index (χ4n) is 3.48. The number of nitrogens with one attached hydrogen (secondary N) is 1. The molecule has 0 aromatic rings. The summed E-state index contributed by atoms with van der Waals surface area (Å²) in [6.07, 6.45) is 24.3. The summed E-state index contributed by atoms with van der Waals surface area (Å²) in [7, 11) is 1.57. The van der Waals surface area contributed by atoms with Crippen LogP contribution in [0.25, 0.3) is 0 Å². The van der Waals surface area contributed by atoms with Gasteiger partial charge in [0.05, 0.1) is 6.10 Å². The number of hydrogen-bond donors (Lipinski definition) is 2. The lowest BCUT2D eigenvalue weighted by Gasteiger charge is -2.17. The largest absolute Gasteiger partial charge is 0.379 e. The maximum Gasteiger partial charge on any atom is 0.108 e. The molecule has 0 aliphatic carbocycles. The van der Waals surface area contributed by atoms with Crippen molar-refractivity contribution in [3.63, 3.8) is 0 Å². The summed E-state index contributed by atoms with van der Waals surface area (Å²) < 4.78 is 10.4. The third-order valence-electron chi connectivity index (χ3n) is 5.42. The van der Waals surface area contributed by atoms with Crippen LogP contribution < -0.4 is 11.3 Å². The van der Waals surface area contributed by atoms with Crippen LogP contribution >= 0.6 is 0 Å². The zero-order valence-electron chi connectivity index (χ0n) is 24.0.